The highest BCUT2D eigenvalue weighted by Crippen LogP contribution is 2.34. The number of nitrogens with one attached hydrogen (secondary N) is 1. The molecule has 32 heavy (non-hydrogen) atoms. The third-order valence-corrected chi connectivity index (χ3v) is 5.65. The largest absolute Gasteiger partial charge is 0.507 e. The molecule has 1 aliphatic carbocycles. The fourth-order valence-corrected chi connectivity index (χ4v) is 4.19. The molecule has 2 aromatic heterocycles. The highest BCUT2D eigenvalue weighted by atomic mass is 16.4. The number of Topliss-reactive ketones (excluding diaryl/α,β-unsaturated/α-hetero) is 2. The quantitative estimate of drug-likeness (QED) is 0.413. The van der Waals surface area contributed by atoms with Gasteiger partial charge in [-0.05, 0) is 17.7 Å². The number of aromatic hydroxyl groups is 1. The number of benzene rings is 3. The zero-order valence-electron chi connectivity index (χ0n) is 16.2. The van der Waals surface area contributed by atoms with Crippen molar-refractivity contribution in [1.82, 2.24) is 9.55 Å². The summed E-state index contributed by atoms with van der Waals surface area (Å²) < 4.78 is 11.9. The molecule has 3 aromatic carbocycles. The maximum atomic E-state index is 12.6. The second-order valence-corrected chi connectivity index (χ2v) is 7.50. The first kappa shape index (κ1) is 18.1. The van der Waals surface area contributed by atoms with Gasteiger partial charge in [0.1, 0.15) is 11.4 Å². The van der Waals surface area contributed by atoms with Gasteiger partial charge in [-0.25, -0.2) is 9.59 Å². The van der Waals surface area contributed by atoms with Crippen molar-refractivity contribution in [3.63, 3.8) is 0 Å². The molecule has 0 saturated carbocycles. The molecule has 0 fully saturated rings. The molecular formula is C23H12N2O7. The van der Waals surface area contributed by atoms with Crippen molar-refractivity contribution < 1.29 is 23.5 Å². The van der Waals surface area contributed by atoms with Gasteiger partial charge in [0.15, 0.2) is 11.3 Å². The average Bonchev–Trinajstić information content (AvgIpc) is 3.33. The SMILES string of the molecule is O=C1C(=O)c2[nH]c(=O)oc2-c2cc(Cn3c(=O)oc4c5ccccc5c(O)cc43)ccc21. The number of carbonyl (C=O) groups is 2. The number of rotatable bonds is 2. The van der Waals surface area contributed by atoms with Gasteiger partial charge in [-0.3, -0.25) is 19.1 Å². The lowest BCUT2D eigenvalue weighted by Crippen LogP contribution is -2.22. The molecule has 5 aromatic rings. The molecule has 0 radical (unpaired) electrons. The van der Waals surface area contributed by atoms with E-state index in [0.29, 0.717) is 27.4 Å². The summed E-state index contributed by atoms with van der Waals surface area (Å²) in [6.45, 7) is 0.0586. The zero-order valence-corrected chi connectivity index (χ0v) is 16.2. The monoisotopic (exact) mass is 428 g/mol. The molecular weight excluding hydrogens is 416 g/mol. The molecule has 0 bridgehead atoms. The van der Waals surface area contributed by atoms with E-state index in [4.69, 9.17) is 8.83 Å². The van der Waals surface area contributed by atoms with Crippen molar-refractivity contribution in [2.75, 3.05) is 0 Å². The second-order valence-electron chi connectivity index (χ2n) is 7.50. The van der Waals surface area contributed by atoms with Crippen LogP contribution in [0.15, 0.2) is 67.0 Å². The van der Waals surface area contributed by atoms with E-state index in [0.717, 1.165) is 0 Å². The van der Waals surface area contributed by atoms with Gasteiger partial charge >= 0.3 is 11.5 Å². The predicted octanol–water partition coefficient (Wildman–Crippen LogP) is 2.83. The van der Waals surface area contributed by atoms with E-state index in [2.05, 4.69) is 4.98 Å². The van der Waals surface area contributed by atoms with E-state index in [1.54, 1.807) is 36.4 Å². The molecule has 0 spiro atoms. The van der Waals surface area contributed by atoms with Gasteiger partial charge in [-0.1, -0.05) is 30.3 Å². The van der Waals surface area contributed by atoms with Crippen LogP contribution < -0.4 is 11.5 Å². The molecule has 1 aliphatic rings. The molecule has 0 aliphatic heterocycles. The number of aromatic amines is 1. The summed E-state index contributed by atoms with van der Waals surface area (Å²) in [4.78, 5) is 51.1. The van der Waals surface area contributed by atoms with Crippen molar-refractivity contribution in [3.05, 3.63) is 86.5 Å². The van der Waals surface area contributed by atoms with E-state index in [1.807, 2.05) is 0 Å². The Morgan fingerprint density at radius 3 is 2.47 bits per heavy atom. The Bertz CT molecular complexity index is 1750. The summed E-state index contributed by atoms with van der Waals surface area (Å²) >= 11 is 0. The van der Waals surface area contributed by atoms with Crippen LogP contribution in [0.1, 0.15) is 26.4 Å². The van der Waals surface area contributed by atoms with Gasteiger partial charge in [-0.15, -0.1) is 0 Å². The number of ketones is 2. The summed E-state index contributed by atoms with van der Waals surface area (Å²) in [6.07, 6.45) is 0. The molecule has 0 unspecified atom stereocenters. The maximum absolute atomic E-state index is 12.6. The lowest BCUT2D eigenvalue weighted by Gasteiger charge is -2.14. The fraction of sp³-hybridized carbons (Fsp3) is 0.0435. The van der Waals surface area contributed by atoms with Crippen LogP contribution in [-0.2, 0) is 6.54 Å². The van der Waals surface area contributed by atoms with Crippen molar-refractivity contribution in [3.8, 4) is 17.1 Å². The molecule has 2 heterocycles. The summed E-state index contributed by atoms with van der Waals surface area (Å²) in [5.41, 5.74) is 1.56. The van der Waals surface area contributed by atoms with E-state index < -0.39 is 23.1 Å². The lowest BCUT2D eigenvalue weighted by molar-refractivity contribution is 0.0812. The van der Waals surface area contributed by atoms with Crippen LogP contribution in [0.2, 0.25) is 0 Å². The van der Waals surface area contributed by atoms with Crippen LogP contribution in [0.3, 0.4) is 0 Å². The molecule has 0 saturated heterocycles. The number of aromatic nitrogens is 2. The fourth-order valence-electron chi connectivity index (χ4n) is 4.19. The Morgan fingerprint density at radius 2 is 1.66 bits per heavy atom. The van der Waals surface area contributed by atoms with E-state index in [1.165, 1.54) is 16.7 Å². The molecule has 0 atom stereocenters. The van der Waals surface area contributed by atoms with Gasteiger partial charge in [0.2, 0.25) is 5.78 Å². The van der Waals surface area contributed by atoms with Gasteiger partial charge < -0.3 is 13.9 Å². The molecule has 9 heteroatoms. The first-order valence-corrected chi connectivity index (χ1v) is 9.62. The van der Waals surface area contributed by atoms with E-state index >= 15 is 0 Å². The summed E-state index contributed by atoms with van der Waals surface area (Å²) in [7, 11) is 0. The minimum absolute atomic E-state index is 0.00973. The highest BCUT2D eigenvalue weighted by Gasteiger charge is 2.34. The molecule has 156 valence electrons. The van der Waals surface area contributed by atoms with Crippen molar-refractivity contribution in [1.29, 1.82) is 0 Å². The number of carbonyl (C=O) groups excluding carboxylic acids is 2. The van der Waals surface area contributed by atoms with Crippen LogP contribution in [-0.4, -0.2) is 26.2 Å². The number of phenolic OH excluding ortho intramolecular Hbond substituents is 1. The maximum Gasteiger partial charge on any atom is 0.420 e. The highest BCUT2D eigenvalue weighted by molar-refractivity contribution is 6.52. The minimum Gasteiger partial charge on any atom is -0.507 e. The van der Waals surface area contributed by atoms with Crippen molar-refractivity contribution in [2.24, 2.45) is 0 Å². The van der Waals surface area contributed by atoms with Crippen LogP contribution in [0, 0.1) is 0 Å². The molecule has 0 amide bonds. The Hall–Kier alpha value is -4.66. The molecule has 9 nitrogen and oxygen atoms in total. The van der Waals surface area contributed by atoms with Crippen molar-refractivity contribution >= 4 is 33.4 Å². The Morgan fingerprint density at radius 1 is 0.875 bits per heavy atom. The summed E-state index contributed by atoms with van der Waals surface area (Å²) in [6, 6.07) is 13.1. The number of hydrogen-bond donors (Lipinski definition) is 2. The molecule has 2 N–H and O–H groups in total. The summed E-state index contributed by atoms with van der Waals surface area (Å²) in [5.74, 6) is -3.05. The number of nitrogens with zero attached hydrogens (tertiary/aromatic N) is 1. The first-order valence-electron chi connectivity index (χ1n) is 9.62. The number of oxazole rings is 2. The predicted molar refractivity (Wildman–Crippen MR) is 112 cm³/mol. The van der Waals surface area contributed by atoms with Gasteiger partial charge in [-0.2, -0.15) is 0 Å². The van der Waals surface area contributed by atoms with E-state index in [9.17, 15) is 24.3 Å². The van der Waals surface area contributed by atoms with Crippen molar-refractivity contribution in [2.45, 2.75) is 6.54 Å². The first-order chi connectivity index (χ1) is 15.4. The summed E-state index contributed by atoms with van der Waals surface area (Å²) in [5, 5.41) is 11.6. The minimum atomic E-state index is -0.842. The van der Waals surface area contributed by atoms with Crippen LogP contribution >= 0.6 is 0 Å². The van der Waals surface area contributed by atoms with E-state index in [-0.39, 0.29) is 34.9 Å². The number of H-pyrrole nitrogens is 1. The standard InChI is InChI=1S/C23H12N2O7/c26-16-8-15-20(13-4-2-1-3-11(13)16)32-23(30)25(15)9-10-5-6-12-14(7-10)21-17(19(28)18(12)27)24-22(29)31-21/h1-8,26H,9H2,(H,24,29). The smallest absolute Gasteiger partial charge is 0.420 e. The average molecular weight is 428 g/mol. The van der Waals surface area contributed by atoms with Crippen LogP contribution in [0.5, 0.6) is 5.75 Å². The third kappa shape index (κ3) is 2.38. The van der Waals surface area contributed by atoms with Gasteiger partial charge in [0, 0.05) is 28.0 Å². The van der Waals surface area contributed by atoms with Crippen LogP contribution in [0.25, 0.3) is 33.2 Å². The Balaban J connectivity index is 1.52. The zero-order chi connectivity index (χ0) is 22.1. The van der Waals surface area contributed by atoms with Gasteiger partial charge in [0.05, 0.1) is 12.1 Å². The number of phenols is 1. The Labute approximate surface area is 177 Å². The van der Waals surface area contributed by atoms with Gasteiger partial charge in [0.25, 0.3) is 5.78 Å². The third-order valence-electron chi connectivity index (χ3n) is 5.65. The number of hydrogen-bond acceptors (Lipinski definition) is 7. The van der Waals surface area contributed by atoms with Crippen LogP contribution in [0.4, 0.5) is 0 Å². The second kappa shape index (κ2) is 6.17. The topological polar surface area (TPSA) is 136 Å². The number of fused-ring (bicyclic) bond motifs is 6. The normalized spacial score (nSPS) is 13.0. The molecule has 6 rings (SSSR count). The lowest BCUT2D eigenvalue weighted by atomic mass is 9.89. The Kier molecular flexibility index (Phi) is 3.50.